The van der Waals surface area contributed by atoms with Crippen LogP contribution in [-0.2, 0) is 0 Å². The van der Waals surface area contributed by atoms with E-state index in [0.717, 1.165) is 9.37 Å². The molecule has 0 atom stereocenters. The first kappa shape index (κ1) is 13.5. The molecule has 0 bridgehead atoms. The van der Waals surface area contributed by atoms with E-state index in [-0.39, 0.29) is 0 Å². The molecule has 1 rings (SSSR count). The molecule has 0 saturated heterocycles. The predicted molar refractivity (Wildman–Crippen MR) is 84.6 cm³/mol. The van der Waals surface area contributed by atoms with Crippen LogP contribution in [0, 0.1) is 0 Å². The smallest absolute Gasteiger partial charge is 0.0198 e. The van der Waals surface area contributed by atoms with Crippen LogP contribution in [0.1, 0.15) is 0 Å². The summed E-state index contributed by atoms with van der Waals surface area (Å²) in [5.41, 5.74) is 0. The third kappa shape index (κ3) is 4.44. The van der Waals surface area contributed by atoms with Crippen LogP contribution in [0.3, 0.4) is 0 Å². The molecule has 0 saturated carbocycles. The Morgan fingerprint density at radius 1 is 0.769 bits per heavy atom. The molecule has 13 heavy (non-hydrogen) atoms. The molecule has 0 aromatic heterocycles. The van der Waals surface area contributed by atoms with Gasteiger partial charge in [-0.2, -0.15) is 0 Å². The maximum Gasteiger partial charge on any atom is 0.0198 e. The average Bonchev–Trinajstić information content (AvgIpc) is 1.82. The average molecular weight is 588 g/mol. The fraction of sp³-hybridized carbons (Fsp3) is 0. The molecule has 0 unspecified atom stereocenters. The summed E-state index contributed by atoms with van der Waals surface area (Å²) in [5.74, 6) is 0. The van der Waals surface area contributed by atoms with Crippen molar-refractivity contribution in [3.63, 3.8) is 0 Å². The number of hydrogen-bond donors (Lipinski definition) is 0. The normalized spacial score (nSPS) is 17.7. The van der Waals surface area contributed by atoms with Crippen molar-refractivity contribution >= 4 is 90.5 Å². The molecule has 0 amide bonds. The molecule has 0 spiro atoms. The molecular formula is C6H4Br6S. The lowest BCUT2D eigenvalue weighted by Crippen LogP contribution is -1.93. The van der Waals surface area contributed by atoms with Crippen LogP contribution in [0.25, 0.3) is 0 Å². The molecule has 0 heterocycles. The molecule has 0 aliphatic rings. The molecule has 0 aliphatic carbocycles. The Bertz CT molecular complexity index is 321. The monoisotopic (exact) mass is 582 g/mol. The highest BCUT2D eigenvalue weighted by molar-refractivity contribution is 10.6. The van der Waals surface area contributed by atoms with E-state index >= 15 is 0 Å². The zero-order valence-corrected chi connectivity index (χ0v) is 16.3. The lowest BCUT2D eigenvalue weighted by Gasteiger charge is -2.53. The van der Waals surface area contributed by atoms with Gasteiger partial charge in [0.1, 0.15) is 0 Å². The Balaban J connectivity index is 3.34. The number of rotatable bonds is 1. The molecule has 76 valence electrons. The molecule has 0 fully saturated rings. The second kappa shape index (κ2) is 3.47. The molecule has 1 aromatic carbocycles. The minimum atomic E-state index is -2.91. The van der Waals surface area contributed by atoms with Crippen LogP contribution >= 0.6 is 90.5 Å². The van der Waals surface area contributed by atoms with Crippen LogP contribution in [-0.4, -0.2) is 0 Å². The van der Waals surface area contributed by atoms with Gasteiger partial charge in [-0.1, -0.05) is 15.9 Å². The predicted octanol–water partition coefficient (Wildman–Crippen LogP) is 7.23. The summed E-state index contributed by atoms with van der Waals surface area (Å²) in [5, 5.41) is 0. The second-order valence-corrected chi connectivity index (χ2v) is 56.1. The molecule has 0 radical (unpaired) electrons. The third-order valence-corrected chi connectivity index (χ3v) is 8.56. The largest absolute Gasteiger partial charge is 0.0508 e. The van der Waals surface area contributed by atoms with Gasteiger partial charge in [-0.25, -0.2) is 0 Å². The Hall–Kier alpha value is 2.45. The van der Waals surface area contributed by atoms with Gasteiger partial charge < -0.3 is 0 Å². The van der Waals surface area contributed by atoms with Gasteiger partial charge in [0.25, 0.3) is 0 Å². The highest BCUT2D eigenvalue weighted by Gasteiger charge is 2.50. The van der Waals surface area contributed by atoms with E-state index in [4.69, 9.17) is 0 Å². The molecule has 0 N–H and O–H groups in total. The van der Waals surface area contributed by atoms with Crippen molar-refractivity contribution in [2.75, 3.05) is 0 Å². The maximum absolute atomic E-state index is 3.59. The van der Waals surface area contributed by atoms with Crippen LogP contribution in [0.4, 0.5) is 0 Å². The molecular weight excluding hydrogens is 584 g/mol. The summed E-state index contributed by atoms with van der Waals surface area (Å²) in [4.78, 5) is 1.04. The maximum atomic E-state index is 3.59. The quantitative estimate of drug-likeness (QED) is 0.325. The van der Waals surface area contributed by atoms with E-state index in [9.17, 15) is 0 Å². The van der Waals surface area contributed by atoms with Gasteiger partial charge >= 0.3 is 0 Å². The topological polar surface area (TPSA) is 0 Å². The highest BCUT2D eigenvalue weighted by Crippen LogP contribution is 3.19. The summed E-state index contributed by atoms with van der Waals surface area (Å²) >= 11 is 21.3. The fourth-order valence-corrected chi connectivity index (χ4v) is 4.84. The van der Waals surface area contributed by atoms with Gasteiger partial charge in [0, 0.05) is 9.37 Å². The first-order valence-corrected chi connectivity index (χ1v) is 15.4. The highest BCUT2D eigenvalue weighted by atomic mass is 80.0. The van der Waals surface area contributed by atoms with Gasteiger partial charge in [0.15, 0.2) is 0 Å². The lowest BCUT2D eigenvalue weighted by molar-refractivity contribution is 1.45. The van der Waals surface area contributed by atoms with Crippen molar-refractivity contribution in [3.8, 4) is 0 Å². The van der Waals surface area contributed by atoms with Crippen LogP contribution in [0.15, 0.2) is 33.6 Å². The van der Waals surface area contributed by atoms with E-state index in [1.165, 1.54) is 0 Å². The minimum absolute atomic E-state index is 1.04. The third-order valence-electron chi connectivity index (χ3n) is 1.26. The Morgan fingerprint density at radius 2 is 1.15 bits per heavy atom. The van der Waals surface area contributed by atoms with Gasteiger partial charge in [-0.15, -0.1) is 0 Å². The van der Waals surface area contributed by atoms with Crippen molar-refractivity contribution in [3.05, 3.63) is 28.7 Å². The van der Waals surface area contributed by atoms with Crippen molar-refractivity contribution < 1.29 is 0 Å². The standard InChI is InChI=1S/C6H4Br6S/c7-5-1-3-6(4-2-5)13(8,9,10,11)12/h1-4H. The zero-order valence-electron chi connectivity index (χ0n) is 5.99. The minimum Gasteiger partial charge on any atom is -0.0508 e. The summed E-state index contributed by atoms with van der Waals surface area (Å²) in [6.45, 7) is 0. The number of benzene rings is 1. The van der Waals surface area contributed by atoms with Crippen molar-refractivity contribution in [2.24, 2.45) is 0 Å². The van der Waals surface area contributed by atoms with Gasteiger partial charge in [-0.05, 0) is 98.8 Å². The van der Waals surface area contributed by atoms with Crippen LogP contribution in [0.5, 0.6) is 0 Å². The fourth-order valence-electron chi connectivity index (χ4n) is 0.692. The van der Waals surface area contributed by atoms with E-state index < -0.39 is 0.461 Å². The number of halogens is 6. The van der Waals surface area contributed by atoms with E-state index in [1.54, 1.807) is 0 Å². The SMILES string of the molecule is Brc1ccc(S(Br)(Br)(Br)(Br)Br)cc1. The van der Waals surface area contributed by atoms with Crippen molar-refractivity contribution in [2.45, 2.75) is 4.90 Å². The Labute approximate surface area is 122 Å². The van der Waals surface area contributed by atoms with Crippen LogP contribution < -0.4 is 0 Å². The van der Waals surface area contributed by atoms with E-state index in [1.807, 2.05) is 24.3 Å². The summed E-state index contributed by atoms with van der Waals surface area (Å²) in [6, 6.07) is 7.93. The van der Waals surface area contributed by atoms with E-state index in [2.05, 4.69) is 90.0 Å². The van der Waals surface area contributed by atoms with Gasteiger partial charge in [0.05, 0.1) is 0 Å². The van der Waals surface area contributed by atoms with Crippen molar-refractivity contribution in [1.82, 2.24) is 0 Å². The van der Waals surface area contributed by atoms with E-state index in [0.29, 0.717) is 0 Å². The Morgan fingerprint density at radius 3 is 1.46 bits per heavy atom. The zero-order chi connectivity index (χ0) is 10.4. The lowest BCUT2D eigenvalue weighted by atomic mass is 10.4. The number of hydrogen-bond acceptors (Lipinski definition) is 0. The molecule has 0 aliphatic heterocycles. The summed E-state index contributed by atoms with van der Waals surface area (Å²) < 4.78 is -1.86. The summed E-state index contributed by atoms with van der Waals surface area (Å²) in [7, 11) is 0. The molecule has 7 heteroatoms. The van der Waals surface area contributed by atoms with Gasteiger partial charge in [0.2, 0.25) is 0 Å². The van der Waals surface area contributed by atoms with Crippen molar-refractivity contribution in [1.29, 1.82) is 0 Å². The molecule has 1 aromatic rings. The molecule has 0 nitrogen and oxygen atoms in total. The van der Waals surface area contributed by atoms with Crippen LogP contribution in [0.2, 0.25) is 0 Å². The first-order chi connectivity index (χ1) is 5.49. The Kier molecular flexibility index (Phi) is 3.61. The first-order valence-electron chi connectivity index (χ1n) is 2.99. The summed E-state index contributed by atoms with van der Waals surface area (Å²) in [6.07, 6.45) is 0. The van der Waals surface area contributed by atoms with Gasteiger partial charge in [-0.3, -0.25) is 0 Å². The second-order valence-electron chi connectivity index (χ2n) is 2.42.